The summed E-state index contributed by atoms with van der Waals surface area (Å²) >= 11 is 0. The van der Waals surface area contributed by atoms with E-state index in [-0.39, 0.29) is 5.91 Å². The average Bonchev–Trinajstić information content (AvgIpc) is 2.49. The molecule has 0 aromatic heterocycles. The van der Waals surface area contributed by atoms with Gasteiger partial charge in [0.1, 0.15) is 5.75 Å². The number of carboxylic acid groups (broad SMARTS) is 1. The summed E-state index contributed by atoms with van der Waals surface area (Å²) in [7, 11) is 1.59. The molecule has 1 aromatic rings. The quantitative estimate of drug-likeness (QED) is 0.894. The van der Waals surface area contributed by atoms with Gasteiger partial charge in [0.25, 0.3) is 0 Å². The molecule has 1 aromatic carbocycles. The van der Waals surface area contributed by atoms with Crippen LogP contribution in [-0.2, 0) is 9.59 Å². The lowest BCUT2D eigenvalue weighted by atomic mass is 9.78. The minimum absolute atomic E-state index is 0.199. The van der Waals surface area contributed by atoms with E-state index in [1.165, 1.54) is 0 Å². The van der Waals surface area contributed by atoms with Crippen molar-refractivity contribution >= 4 is 17.6 Å². The van der Waals surface area contributed by atoms with E-state index in [1.54, 1.807) is 19.2 Å². The highest BCUT2D eigenvalue weighted by Gasteiger charge is 2.35. The molecule has 0 heterocycles. The molecule has 0 spiro atoms. The highest BCUT2D eigenvalue weighted by atomic mass is 16.5. The monoisotopic (exact) mass is 291 g/mol. The Morgan fingerprint density at radius 2 is 1.90 bits per heavy atom. The third-order valence-corrected chi connectivity index (χ3v) is 4.11. The molecule has 21 heavy (non-hydrogen) atoms. The van der Waals surface area contributed by atoms with Crippen LogP contribution in [0.25, 0.3) is 0 Å². The van der Waals surface area contributed by atoms with Crippen LogP contribution in [0.15, 0.2) is 18.2 Å². The molecule has 1 aliphatic rings. The highest BCUT2D eigenvalue weighted by Crippen LogP contribution is 2.32. The van der Waals surface area contributed by atoms with Gasteiger partial charge in [-0.2, -0.15) is 0 Å². The van der Waals surface area contributed by atoms with E-state index in [0.29, 0.717) is 18.5 Å². The van der Waals surface area contributed by atoms with Crippen LogP contribution >= 0.6 is 0 Å². The van der Waals surface area contributed by atoms with Gasteiger partial charge in [-0.15, -0.1) is 0 Å². The Labute approximate surface area is 124 Å². The number of carbonyl (C=O) groups is 2. The van der Waals surface area contributed by atoms with Crippen LogP contribution < -0.4 is 10.1 Å². The van der Waals surface area contributed by atoms with Crippen molar-refractivity contribution in [2.75, 3.05) is 12.4 Å². The van der Waals surface area contributed by atoms with Gasteiger partial charge in [0.05, 0.1) is 18.9 Å². The third-order valence-electron chi connectivity index (χ3n) is 4.11. The number of nitrogens with one attached hydrogen (secondary N) is 1. The molecule has 2 N–H and O–H groups in total. The number of rotatable bonds is 4. The summed E-state index contributed by atoms with van der Waals surface area (Å²) in [6.07, 6.45) is 3.00. The van der Waals surface area contributed by atoms with Gasteiger partial charge in [0.15, 0.2) is 0 Å². The highest BCUT2D eigenvalue weighted by molar-refractivity contribution is 5.95. The molecule has 0 radical (unpaired) electrons. The molecule has 2 atom stereocenters. The average molecular weight is 291 g/mol. The number of benzene rings is 1. The van der Waals surface area contributed by atoms with Crippen molar-refractivity contribution < 1.29 is 19.4 Å². The summed E-state index contributed by atoms with van der Waals surface area (Å²) < 4.78 is 5.13. The Morgan fingerprint density at radius 1 is 1.24 bits per heavy atom. The molecule has 1 aliphatic carbocycles. The van der Waals surface area contributed by atoms with Gasteiger partial charge >= 0.3 is 5.97 Å². The summed E-state index contributed by atoms with van der Waals surface area (Å²) in [6.45, 7) is 1.88. The van der Waals surface area contributed by atoms with Crippen LogP contribution in [0.3, 0.4) is 0 Å². The Hall–Kier alpha value is -2.04. The van der Waals surface area contributed by atoms with Crippen LogP contribution in [0.2, 0.25) is 0 Å². The van der Waals surface area contributed by atoms with Gasteiger partial charge in [0.2, 0.25) is 5.91 Å². The van der Waals surface area contributed by atoms with Gasteiger partial charge in [-0.05, 0) is 43.5 Å². The minimum Gasteiger partial charge on any atom is -0.497 e. The molecule has 2 rings (SSSR count). The van der Waals surface area contributed by atoms with Gasteiger partial charge < -0.3 is 15.2 Å². The lowest BCUT2D eigenvalue weighted by Gasteiger charge is -2.27. The van der Waals surface area contributed by atoms with E-state index in [1.807, 2.05) is 13.0 Å². The molecule has 0 saturated heterocycles. The topological polar surface area (TPSA) is 75.6 Å². The first-order valence-electron chi connectivity index (χ1n) is 7.21. The van der Waals surface area contributed by atoms with Crippen molar-refractivity contribution in [3.05, 3.63) is 23.8 Å². The maximum atomic E-state index is 12.4. The van der Waals surface area contributed by atoms with Crippen LogP contribution in [0.4, 0.5) is 5.69 Å². The first-order chi connectivity index (χ1) is 10.0. The van der Waals surface area contributed by atoms with E-state index >= 15 is 0 Å². The molecule has 114 valence electrons. The zero-order valence-corrected chi connectivity index (χ0v) is 12.4. The van der Waals surface area contributed by atoms with E-state index in [0.717, 1.165) is 24.2 Å². The molecular formula is C16H21NO4. The fraction of sp³-hybridized carbons (Fsp3) is 0.500. The number of aryl methyl sites for hydroxylation is 1. The van der Waals surface area contributed by atoms with Crippen LogP contribution in [0, 0.1) is 18.8 Å². The molecule has 5 heteroatoms. The number of aliphatic carboxylic acids is 1. The van der Waals surface area contributed by atoms with Gasteiger partial charge in [-0.3, -0.25) is 9.59 Å². The first kappa shape index (κ1) is 15.4. The molecule has 0 aliphatic heterocycles. The second-order valence-corrected chi connectivity index (χ2v) is 5.51. The Bertz CT molecular complexity index is 541. The summed E-state index contributed by atoms with van der Waals surface area (Å²) in [5, 5.41) is 12.1. The lowest BCUT2D eigenvalue weighted by molar-refractivity contribution is -0.147. The molecule has 1 saturated carbocycles. The van der Waals surface area contributed by atoms with Crippen molar-refractivity contribution in [2.45, 2.75) is 32.6 Å². The predicted molar refractivity (Wildman–Crippen MR) is 79.4 cm³/mol. The maximum Gasteiger partial charge on any atom is 0.307 e. The second-order valence-electron chi connectivity index (χ2n) is 5.51. The number of hydrogen-bond acceptors (Lipinski definition) is 3. The van der Waals surface area contributed by atoms with Crippen molar-refractivity contribution in [2.24, 2.45) is 11.8 Å². The van der Waals surface area contributed by atoms with Crippen LogP contribution in [0.1, 0.15) is 31.2 Å². The van der Waals surface area contributed by atoms with E-state index in [4.69, 9.17) is 4.74 Å². The SMILES string of the molecule is COc1ccc(NC(=O)[C@H]2CCCC[C@@H]2C(=O)O)c(C)c1. The van der Waals surface area contributed by atoms with E-state index < -0.39 is 17.8 Å². The van der Waals surface area contributed by atoms with Gasteiger partial charge in [-0.25, -0.2) is 0 Å². The fourth-order valence-electron chi connectivity index (χ4n) is 2.87. The Kier molecular flexibility index (Phi) is 4.83. The molecule has 0 unspecified atom stereocenters. The second kappa shape index (κ2) is 6.61. The predicted octanol–water partition coefficient (Wildman–Crippen LogP) is 2.83. The summed E-state index contributed by atoms with van der Waals surface area (Å²) in [6, 6.07) is 5.40. The van der Waals surface area contributed by atoms with Crippen LogP contribution in [-0.4, -0.2) is 24.1 Å². The van der Waals surface area contributed by atoms with Gasteiger partial charge in [0, 0.05) is 5.69 Å². The Morgan fingerprint density at radius 3 is 2.48 bits per heavy atom. The summed E-state index contributed by atoms with van der Waals surface area (Å²) in [5.41, 5.74) is 1.60. The molecular weight excluding hydrogens is 270 g/mol. The lowest BCUT2D eigenvalue weighted by Crippen LogP contribution is -2.36. The van der Waals surface area contributed by atoms with E-state index in [2.05, 4.69) is 5.32 Å². The van der Waals surface area contributed by atoms with Crippen molar-refractivity contribution in [1.82, 2.24) is 0 Å². The number of amides is 1. The number of ether oxygens (including phenoxy) is 1. The zero-order valence-electron chi connectivity index (χ0n) is 12.4. The fourth-order valence-corrected chi connectivity index (χ4v) is 2.87. The summed E-state index contributed by atoms with van der Waals surface area (Å²) in [5.74, 6) is -1.36. The standard InChI is InChI=1S/C16H21NO4/c1-10-9-11(21-2)7-8-14(10)17-15(18)12-5-3-4-6-13(12)16(19)20/h7-9,12-13H,3-6H2,1-2H3,(H,17,18)(H,19,20)/t12-,13-/m0/s1. The van der Waals surface area contributed by atoms with E-state index in [9.17, 15) is 14.7 Å². The zero-order chi connectivity index (χ0) is 15.4. The summed E-state index contributed by atoms with van der Waals surface area (Å²) in [4.78, 5) is 23.7. The third kappa shape index (κ3) is 3.54. The van der Waals surface area contributed by atoms with Crippen molar-refractivity contribution in [3.8, 4) is 5.75 Å². The van der Waals surface area contributed by atoms with Gasteiger partial charge in [-0.1, -0.05) is 12.8 Å². The molecule has 0 bridgehead atoms. The van der Waals surface area contributed by atoms with Crippen molar-refractivity contribution in [1.29, 1.82) is 0 Å². The smallest absolute Gasteiger partial charge is 0.307 e. The number of hydrogen-bond donors (Lipinski definition) is 2. The van der Waals surface area contributed by atoms with Crippen molar-refractivity contribution in [3.63, 3.8) is 0 Å². The number of carbonyl (C=O) groups excluding carboxylic acids is 1. The largest absolute Gasteiger partial charge is 0.497 e. The normalized spacial score (nSPS) is 21.6. The number of anilines is 1. The van der Waals surface area contributed by atoms with Crippen LogP contribution in [0.5, 0.6) is 5.75 Å². The maximum absolute atomic E-state index is 12.4. The molecule has 1 amide bonds. The molecule has 5 nitrogen and oxygen atoms in total. The molecule has 1 fully saturated rings. The first-order valence-corrected chi connectivity index (χ1v) is 7.21. The Balaban J connectivity index is 2.11. The number of methoxy groups -OCH3 is 1. The number of carboxylic acids is 1. The minimum atomic E-state index is -0.874.